The molecule has 1 aliphatic rings. The number of hydrogen-bond donors (Lipinski definition) is 1. The number of rotatable bonds is 8. The SMILES string of the molecule is Cc1ccc(OCCCC(=O)N[C@@H](C)c2ccc(N3CCC(C)CC3)cc2)cc1. The second-order valence-electron chi connectivity index (χ2n) is 8.32. The van der Waals surface area contributed by atoms with Crippen molar-refractivity contribution < 1.29 is 9.53 Å². The molecule has 1 heterocycles. The molecule has 1 fully saturated rings. The third-order valence-electron chi connectivity index (χ3n) is 5.76. The fourth-order valence-corrected chi connectivity index (χ4v) is 3.69. The first kappa shape index (κ1) is 21.2. The van der Waals surface area contributed by atoms with Gasteiger partial charge in [0.1, 0.15) is 5.75 Å². The van der Waals surface area contributed by atoms with Crippen LogP contribution in [0.2, 0.25) is 0 Å². The molecule has 2 aromatic carbocycles. The van der Waals surface area contributed by atoms with Crippen molar-refractivity contribution in [1.82, 2.24) is 5.32 Å². The van der Waals surface area contributed by atoms with Gasteiger partial charge in [-0.1, -0.05) is 36.8 Å². The second-order valence-corrected chi connectivity index (χ2v) is 8.32. The van der Waals surface area contributed by atoms with Gasteiger partial charge in [-0.15, -0.1) is 0 Å². The van der Waals surface area contributed by atoms with Crippen LogP contribution in [0.15, 0.2) is 48.5 Å². The number of nitrogens with one attached hydrogen (secondary N) is 1. The molecule has 1 N–H and O–H groups in total. The third-order valence-corrected chi connectivity index (χ3v) is 5.76. The van der Waals surface area contributed by atoms with Crippen molar-refractivity contribution in [1.29, 1.82) is 0 Å². The quantitative estimate of drug-likeness (QED) is 0.620. The van der Waals surface area contributed by atoms with Gasteiger partial charge >= 0.3 is 0 Å². The highest BCUT2D eigenvalue weighted by atomic mass is 16.5. The molecule has 156 valence electrons. The minimum atomic E-state index is 0.0101. The summed E-state index contributed by atoms with van der Waals surface area (Å²) in [6.07, 6.45) is 3.71. The molecule has 0 spiro atoms. The van der Waals surface area contributed by atoms with E-state index in [1.54, 1.807) is 0 Å². The summed E-state index contributed by atoms with van der Waals surface area (Å²) < 4.78 is 5.69. The average molecular weight is 395 g/mol. The van der Waals surface area contributed by atoms with Gasteiger partial charge < -0.3 is 15.0 Å². The Bertz CT molecular complexity index is 762. The predicted octanol–water partition coefficient (Wildman–Crippen LogP) is 5.27. The molecule has 0 saturated carbocycles. The Hall–Kier alpha value is -2.49. The van der Waals surface area contributed by atoms with E-state index in [0.717, 1.165) is 30.3 Å². The fraction of sp³-hybridized carbons (Fsp3) is 0.480. The summed E-state index contributed by atoms with van der Waals surface area (Å²) in [5, 5.41) is 3.10. The second kappa shape index (κ2) is 10.3. The van der Waals surface area contributed by atoms with Crippen LogP contribution >= 0.6 is 0 Å². The predicted molar refractivity (Wildman–Crippen MR) is 120 cm³/mol. The zero-order chi connectivity index (χ0) is 20.6. The first-order valence-corrected chi connectivity index (χ1v) is 10.8. The van der Waals surface area contributed by atoms with E-state index in [0.29, 0.717) is 19.4 Å². The third kappa shape index (κ3) is 6.52. The van der Waals surface area contributed by atoms with Crippen molar-refractivity contribution in [2.24, 2.45) is 5.92 Å². The van der Waals surface area contributed by atoms with Crippen molar-refractivity contribution in [3.63, 3.8) is 0 Å². The van der Waals surface area contributed by atoms with Gasteiger partial charge in [0, 0.05) is 25.2 Å². The first-order valence-electron chi connectivity index (χ1n) is 10.8. The Labute approximate surface area is 175 Å². The Morgan fingerprint density at radius 2 is 1.76 bits per heavy atom. The molecule has 0 unspecified atom stereocenters. The zero-order valence-electron chi connectivity index (χ0n) is 18.0. The number of aryl methyl sites for hydroxylation is 1. The molecule has 0 bridgehead atoms. The highest BCUT2D eigenvalue weighted by Crippen LogP contribution is 2.24. The van der Waals surface area contributed by atoms with Crippen LogP contribution in [0.4, 0.5) is 5.69 Å². The van der Waals surface area contributed by atoms with Crippen molar-refractivity contribution in [3.05, 3.63) is 59.7 Å². The zero-order valence-corrected chi connectivity index (χ0v) is 18.0. The van der Waals surface area contributed by atoms with Gasteiger partial charge in [-0.3, -0.25) is 4.79 Å². The van der Waals surface area contributed by atoms with Crippen LogP contribution in [-0.2, 0) is 4.79 Å². The highest BCUT2D eigenvalue weighted by molar-refractivity contribution is 5.76. The van der Waals surface area contributed by atoms with Crippen molar-refractivity contribution in [2.45, 2.75) is 52.5 Å². The number of piperidine rings is 1. The molecular weight excluding hydrogens is 360 g/mol. The van der Waals surface area contributed by atoms with Crippen LogP contribution in [0.3, 0.4) is 0 Å². The van der Waals surface area contributed by atoms with Gasteiger partial charge in [0.2, 0.25) is 5.91 Å². The summed E-state index contributed by atoms with van der Waals surface area (Å²) in [6, 6.07) is 16.6. The van der Waals surface area contributed by atoms with Gasteiger partial charge in [0.15, 0.2) is 0 Å². The normalized spacial score (nSPS) is 15.8. The summed E-state index contributed by atoms with van der Waals surface area (Å²) in [7, 11) is 0. The molecule has 4 heteroatoms. The van der Waals surface area contributed by atoms with Crippen LogP contribution in [0.25, 0.3) is 0 Å². The number of anilines is 1. The molecule has 4 nitrogen and oxygen atoms in total. The lowest BCUT2D eigenvalue weighted by Gasteiger charge is -2.32. The number of amides is 1. The van der Waals surface area contributed by atoms with E-state index in [9.17, 15) is 4.79 Å². The van der Waals surface area contributed by atoms with E-state index in [2.05, 4.69) is 48.3 Å². The molecular formula is C25H34N2O2. The lowest BCUT2D eigenvalue weighted by atomic mass is 9.98. The van der Waals surface area contributed by atoms with E-state index in [1.807, 2.05) is 31.2 Å². The lowest BCUT2D eigenvalue weighted by molar-refractivity contribution is -0.121. The summed E-state index contributed by atoms with van der Waals surface area (Å²) >= 11 is 0. The van der Waals surface area contributed by atoms with Crippen LogP contribution in [0, 0.1) is 12.8 Å². The van der Waals surface area contributed by atoms with Gasteiger partial charge in [0.25, 0.3) is 0 Å². The number of carbonyl (C=O) groups is 1. The summed E-state index contributed by atoms with van der Waals surface area (Å²) in [5.41, 5.74) is 3.64. The van der Waals surface area contributed by atoms with Crippen molar-refractivity contribution in [3.8, 4) is 5.75 Å². The van der Waals surface area contributed by atoms with Crippen LogP contribution < -0.4 is 15.0 Å². The molecule has 3 rings (SSSR count). The Morgan fingerprint density at radius 3 is 2.41 bits per heavy atom. The Morgan fingerprint density at radius 1 is 1.10 bits per heavy atom. The molecule has 0 aliphatic carbocycles. The smallest absolute Gasteiger partial charge is 0.220 e. The molecule has 0 aromatic heterocycles. The number of hydrogen-bond acceptors (Lipinski definition) is 3. The minimum absolute atomic E-state index is 0.0101. The van der Waals surface area contributed by atoms with E-state index >= 15 is 0 Å². The standard InChI is InChI=1S/C25H34N2O2/c1-19-6-12-24(13-7-19)29-18-4-5-25(28)26-21(3)22-8-10-23(11-9-22)27-16-14-20(2)15-17-27/h6-13,20-21H,4-5,14-18H2,1-3H3,(H,26,28)/t21-/m0/s1. The van der Waals surface area contributed by atoms with Gasteiger partial charge in [-0.2, -0.15) is 0 Å². The van der Waals surface area contributed by atoms with Gasteiger partial charge in [-0.25, -0.2) is 0 Å². The molecule has 29 heavy (non-hydrogen) atoms. The maximum absolute atomic E-state index is 12.3. The van der Waals surface area contributed by atoms with Crippen molar-refractivity contribution in [2.75, 3.05) is 24.6 Å². The summed E-state index contributed by atoms with van der Waals surface area (Å²) in [4.78, 5) is 14.7. The van der Waals surface area contributed by atoms with E-state index in [-0.39, 0.29) is 11.9 Å². The summed E-state index contributed by atoms with van der Waals surface area (Å²) in [6.45, 7) is 9.25. The molecule has 1 amide bonds. The topological polar surface area (TPSA) is 41.6 Å². The van der Waals surface area contributed by atoms with E-state index < -0.39 is 0 Å². The van der Waals surface area contributed by atoms with Gasteiger partial charge in [0.05, 0.1) is 12.6 Å². The monoisotopic (exact) mass is 394 g/mol. The van der Waals surface area contributed by atoms with Crippen LogP contribution in [-0.4, -0.2) is 25.6 Å². The average Bonchev–Trinajstić information content (AvgIpc) is 2.73. The highest BCUT2D eigenvalue weighted by Gasteiger charge is 2.16. The molecule has 0 radical (unpaired) electrons. The van der Waals surface area contributed by atoms with E-state index in [1.165, 1.54) is 24.1 Å². The van der Waals surface area contributed by atoms with Crippen molar-refractivity contribution >= 4 is 11.6 Å². The van der Waals surface area contributed by atoms with Crippen LogP contribution in [0.5, 0.6) is 5.75 Å². The maximum Gasteiger partial charge on any atom is 0.220 e. The largest absolute Gasteiger partial charge is 0.494 e. The molecule has 1 aliphatic heterocycles. The number of ether oxygens (including phenoxy) is 1. The maximum atomic E-state index is 12.3. The fourth-order valence-electron chi connectivity index (χ4n) is 3.69. The lowest BCUT2D eigenvalue weighted by Crippen LogP contribution is -2.32. The number of benzene rings is 2. The van der Waals surface area contributed by atoms with E-state index in [4.69, 9.17) is 4.74 Å². The van der Waals surface area contributed by atoms with Gasteiger partial charge in [-0.05, 0) is 68.9 Å². The first-order chi connectivity index (χ1) is 14.0. The number of carbonyl (C=O) groups excluding carboxylic acids is 1. The Kier molecular flexibility index (Phi) is 7.56. The minimum Gasteiger partial charge on any atom is -0.494 e. The molecule has 1 saturated heterocycles. The summed E-state index contributed by atoms with van der Waals surface area (Å²) in [5.74, 6) is 1.76. The molecule has 1 atom stereocenters. The van der Waals surface area contributed by atoms with Crippen LogP contribution in [0.1, 0.15) is 56.7 Å². The number of nitrogens with zero attached hydrogens (tertiary/aromatic N) is 1. The Balaban J connectivity index is 1.39. The molecule has 2 aromatic rings.